The summed E-state index contributed by atoms with van der Waals surface area (Å²) in [6.07, 6.45) is 4.97. The molecule has 1 aromatic carbocycles. The number of nitrogens with one attached hydrogen (secondary N) is 1. The molecule has 1 aliphatic carbocycles. The highest BCUT2D eigenvalue weighted by molar-refractivity contribution is 8.00. The van der Waals surface area contributed by atoms with Crippen LogP contribution in [0.1, 0.15) is 41.6 Å². The van der Waals surface area contributed by atoms with Crippen molar-refractivity contribution in [1.29, 1.82) is 0 Å². The molecule has 1 aliphatic rings. The zero-order valence-corrected chi connectivity index (χ0v) is 19.3. The summed E-state index contributed by atoms with van der Waals surface area (Å²) in [6, 6.07) is 5.97. The molecule has 30 heavy (non-hydrogen) atoms. The Morgan fingerprint density at radius 1 is 1.23 bits per heavy atom. The average molecular weight is 429 g/mol. The third-order valence-electron chi connectivity index (χ3n) is 5.43. The maximum absolute atomic E-state index is 12.7. The van der Waals surface area contributed by atoms with Crippen LogP contribution in [0.5, 0.6) is 0 Å². The minimum Gasteiger partial charge on any atom is -0.325 e. The van der Waals surface area contributed by atoms with Gasteiger partial charge in [0.15, 0.2) is 0 Å². The first kappa shape index (κ1) is 22.6. The monoisotopic (exact) mass is 428 g/mol. The first-order valence-corrected chi connectivity index (χ1v) is 11.6. The number of rotatable bonds is 8. The van der Waals surface area contributed by atoms with E-state index in [4.69, 9.17) is 0 Å². The fourth-order valence-electron chi connectivity index (χ4n) is 3.92. The standard InChI is InChI=1S/C23H32N4O2S/c1-16-10-11-19(17(2)14-16)24-21(28)15-30-22-18-8-5-6-9-20(18)27(23(29)25-22)13-7-12-26(3)4/h10-11,14H,5-9,12-13,15H2,1-4H3,(H,24,28). The highest BCUT2D eigenvalue weighted by Crippen LogP contribution is 2.28. The SMILES string of the molecule is Cc1ccc(NC(=O)CSc2nc(=O)n(CCCN(C)C)c3c2CCCC3)c(C)c1. The first-order chi connectivity index (χ1) is 14.3. The summed E-state index contributed by atoms with van der Waals surface area (Å²) in [5.41, 5.74) is 5.14. The molecule has 0 fully saturated rings. The molecule has 0 bridgehead atoms. The smallest absolute Gasteiger partial charge is 0.325 e. The maximum atomic E-state index is 12.7. The highest BCUT2D eigenvalue weighted by atomic mass is 32.2. The minimum absolute atomic E-state index is 0.0755. The lowest BCUT2D eigenvalue weighted by Crippen LogP contribution is -2.31. The quantitative estimate of drug-likeness (QED) is 0.515. The van der Waals surface area contributed by atoms with Crippen molar-refractivity contribution in [1.82, 2.24) is 14.5 Å². The van der Waals surface area contributed by atoms with E-state index in [1.807, 2.05) is 44.6 Å². The lowest BCUT2D eigenvalue weighted by atomic mass is 9.97. The number of nitrogens with zero attached hydrogens (tertiary/aromatic N) is 3. The molecular weight excluding hydrogens is 396 g/mol. The van der Waals surface area contributed by atoms with E-state index in [-0.39, 0.29) is 17.3 Å². The van der Waals surface area contributed by atoms with Crippen molar-refractivity contribution in [2.75, 3.05) is 31.7 Å². The number of benzene rings is 1. The summed E-state index contributed by atoms with van der Waals surface area (Å²) in [6.45, 7) is 5.66. The van der Waals surface area contributed by atoms with Gasteiger partial charge in [-0.2, -0.15) is 4.98 Å². The highest BCUT2D eigenvalue weighted by Gasteiger charge is 2.21. The van der Waals surface area contributed by atoms with Gasteiger partial charge in [-0.25, -0.2) is 4.79 Å². The molecule has 0 spiro atoms. The number of hydrogen-bond donors (Lipinski definition) is 1. The molecule has 3 rings (SSSR count). The third-order valence-corrected chi connectivity index (χ3v) is 6.45. The predicted molar refractivity (Wildman–Crippen MR) is 124 cm³/mol. The molecule has 162 valence electrons. The van der Waals surface area contributed by atoms with Gasteiger partial charge in [0, 0.05) is 23.5 Å². The molecule has 0 radical (unpaired) electrons. The number of amides is 1. The summed E-state index contributed by atoms with van der Waals surface area (Å²) in [7, 11) is 4.08. The number of hydrogen-bond acceptors (Lipinski definition) is 5. The van der Waals surface area contributed by atoms with Gasteiger partial charge in [-0.15, -0.1) is 0 Å². The Hall–Kier alpha value is -2.12. The fourth-order valence-corrected chi connectivity index (χ4v) is 4.79. The van der Waals surface area contributed by atoms with Gasteiger partial charge in [0.2, 0.25) is 5.91 Å². The van der Waals surface area contributed by atoms with Crippen molar-refractivity contribution in [3.8, 4) is 0 Å². The molecule has 7 heteroatoms. The Morgan fingerprint density at radius 3 is 2.73 bits per heavy atom. The van der Waals surface area contributed by atoms with Gasteiger partial charge in [-0.3, -0.25) is 9.36 Å². The number of carbonyl (C=O) groups is 1. The van der Waals surface area contributed by atoms with Gasteiger partial charge in [0.1, 0.15) is 5.03 Å². The fraction of sp³-hybridized carbons (Fsp3) is 0.522. The van der Waals surface area contributed by atoms with Crippen LogP contribution in [0.2, 0.25) is 0 Å². The largest absolute Gasteiger partial charge is 0.348 e. The molecule has 0 saturated carbocycles. The summed E-state index contributed by atoms with van der Waals surface area (Å²) in [5.74, 6) is 0.171. The predicted octanol–water partition coefficient (Wildman–Crippen LogP) is 3.42. The molecule has 0 unspecified atom stereocenters. The Morgan fingerprint density at radius 2 is 2.00 bits per heavy atom. The van der Waals surface area contributed by atoms with E-state index in [1.165, 1.54) is 17.3 Å². The normalized spacial score (nSPS) is 13.4. The lowest BCUT2D eigenvalue weighted by Gasteiger charge is -2.23. The number of thioether (sulfide) groups is 1. The number of aryl methyl sites for hydroxylation is 2. The number of fused-ring (bicyclic) bond motifs is 1. The van der Waals surface area contributed by atoms with E-state index in [0.717, 1.165) is 66.2 Å². The van der Waals surface area contributed by atoms with Crippen LogP contribution in [-0.2, 0) is 24.2 Å². The van der Waals surface area contributed by atoms with E-state index in [9.17, 15) is 9.59 Å². The topological polar surface area (TPSA) is 67.2 Å². The zero-order valence-electron chi connectivity index (χ0n) is 18.5. The molecule has 6 nitrogen and oxygen atoms in total. The maximum Gasteiger partial charge on any atom is 0.348 e. The lowest BCUT2D eigenvalue weighted by molar-refractivity contribution is -0.113. The van der Waals surface area contributed by atoms with Crippen LogP contribution in [0.15, 0.2) is 28.0 Å². The Bertz CT molecular complexity index is 968. The molecule has 0 saturated heterocycles. The van der Waals surface area contributed by atoms with Crippen LogP contribution in [-0.4, -0.2) is 46.8 Å². The van der Waals surface area contributed by atoms with Crippen molar-refractivity contribution in [3.63, 3.8) is 0 Å². The summed E-state index contributed by atoms with van der Waals surface area (Å²) in [4.78, 5) is 31.7. The molecule has 2 aromatic rings. The van der Waals surface area contributed by atoms with Crippen LogP contribution in [0.25, 0.3) is 0 Å². The average Bonchev–Trinajstić information content (AvgIpc) is 2.70. The van der Waals surface area contributed by atoms with Crippen molar-refractivity contribution in [2.24, 2.45) is 0 Å². The zero-order chi connectivity index (χ0) is 21.7. The van der Waals surface area contributed by atoms with Gasteiger partial charge in [-0.05, 0) is 78.2 Å². The molecule has 1 amide bonds. The van der Waals surface area contributed by atoms with E-state index >= 15 is 0 Å². The molecule has 1 heterocycles. The van der Waals surface area contributed by atoms with Gasteiger partial charge in [-0.1, -0.05) is 29.5 Å². The second-order valence-corrected chi connectivity index (χ2v) is 9.26. The Balaban J connectivity index is 1.72. The van der Waals surface area contributed by atoms with Crippen LogP contribution in [0.3, 0.4) is 0 Å². The molecular formula is C23H32N4O2S. The van der Waals surface area contributed by atoms with Crippen molar-refractivity contribution in [2.45, 2.75) is 57.5 Å². The summed E-state index contributed by atoms with van der Waals surface area (Å²) in [5, 5.41) is 3.71. The molecule has 0 atom stereocenters. The Kier molecular flexibility index (Phi) is 7.72. The second-order valence-electron chi connectivity index (χ2n) is 8.30. The molecule has 1 aromatic heterocycles. The van der Waals surface area contributed by atoms with Gasteiger partial charge < -0.3 is 10.2 Å². The summed E-state index contributed by atoms with van der Waals surface area (Å²) < 4.78 is 1.86. The van der Waals surface area contributed by atoms with Gasteiger partial charge in [0.25, 0.3) is 0 Å². The number of aromatic nitrogens is 2. The molecule has 0 aliphatic heterocycles. The van der Waals surface area contributed by atoms with Crippen LogP contribution >= 0.6 is 11.8 Å². The van der Waals surface area contributed by atoms with E-state index in [0.29, 0.717) is 6.54 Å². The molecule has 1 N–H and O–H groups in total. The minimum atomic E-state index is -0.188. The van der Waals surface area contributed by atoms with E-state index in [2.05, 4.69) is 21.3 Å². The van der Waals surface area contributed by atoms with Crippen LogP contribution < -0.4 is 11.0 Å². The van der Waals surface area contributed by atoms with Crippen LogP contribution in [0, 0.1) is 13.8 Å². The van der Waals surface area contributed by atoms with Crippen molar-refractivity contribution >= 4 is 23.4 Å². The van der Waals surface area contributed by atoms with Gasteiger partial charge in [0.05, 0.1) is 5.75 Å². The van der Waals surface area contributed by atoms with E-state index in [1.54, 1.807) is 0 Å². The van der Waals surface area contributed by atoms with E-state index < -0.39 is 0 Å². The van der Waals surface area contributed by atoms with Crippen molar-refractivity contribution < 1.29 is 4.79 Å². The van der Waals surface area contributed by atoms with Gasteiger partial charge >= 0.3 is 5.69 Å². The van der Waals surface area contributed by atoms with Crippen molar-refractivity contribution in [3.05, 3.63) is 51.1 Å². The second kappa shape index (κ2) is 10.3. The number of carbonyl (C=O) groups excluding carboxylic acids is 1. The van der Waals surface area contributed by atoms with Crippen LogP contribution in [0.4, 0.5) is 5.69 Å². The summed E-state index contributed by atoms with van der Waals surface area (Å²) >= 11 is 1.38. The third kappa shape index (κ3) is 5.73. The number of anilines is 1. The first-order valence-electron chi connectivity index (χ1n) is 10.6. The Labute approximate surface area is 183 Å².